The second-order valence-electron chi connectivity index (χ2n) is 7.25. The topological polar surface area (TPSA) is 47.6 Å². The van der Waals surface area contributed by atoms with Crippen LogP contribution in [0.25, 0.3) is 0 Å². The summed E-state index contributed by atoms with van der Waals surface area (Å²) in [7, 11) is 4.17. The SMILES string of the molecule is CC(C)CC(CNC(=O)C(C)(C)N1CCNCC1)N(C)C. The summed E-state index contributed by atoms with van der Waals surface area (Å²) in [5.74, 6) is 0.774. The third-order valence-corrected chi connectivity index (χ3v) is 4.44. The highest BCUT2D eigenvalue weighted by molar-refractivity contribution is 5.85. The lowest BCUT2D eigenvalue weighted by atomic mass is 9.99. The highest BCUT2D eigenvalue weighted by Crippen LogP contribution is 2.16. The standard InChI is InChI=1S/C16H34N4O/c1-13(2)11-14(19(5)6)12-18-15(21)16(3,4)20-9-7-17-8-10-20/h13-14,17H,7-12H2,1-6H3,(H,18,21). The average Bonchev–Trinajstić information content (AvgIpc) is 2.43. The molecule has 1 amide bonds. The van der Waals surface area contributed by atoms with E-state index in [0.717, 1.165) is 39.1 Å². The van der Waals surface area contributed by atoms with Gasteiger partial charge in [-0.3, -0.25) is 9.69 Å². The molecular formula is C16H34N4O. The van der Waals surface area contributed by atoms with Crippen molar-refractivity contribution in [3.63, 3.8) is 0 Å². The van der Waals surface area contributed by atoms with Gasteiger partial charge in [-0.25, -0.2) is 0 Å². The lowest BCUT2D eigenvalue weighted by molar-refractivity contribution is -0.132. The van der Waals surface area contributed by atoms with E-state index in [-0.39, 0.29) is 5.91 Å². The summed E-state index contributed by atoms with van der Waals surface area (Å²) in [5.41, 5.74) is -0.434. The van der Waals surface area contributed by atoms with Gasteiger partial charge >= 0.3 is 0 Å². The summed E-state index contributed by atoms with van der Waals surface area (Å²) in [4.78, 5) is 17.1. The number of nitrogens with zero attached hydrogens (tertiary/aromatic N) is 2. The number of piperazine rings is 1. The van der Waals surface area contributed by atoms with Crippen molar-refractivity contribution in [1.82, 2.24) is 20.4 Å². The first-order valence-electron chi connectivity index (χ1n) is 8.15. The van der Waals surface area contributed by atoms with Gasteiger partial charge in [0.25, 0.3) is 0 Å². The van der Waals surface area contributed by atoms with Crippen LogP contribution in [-0.2, 0) is 4.79 Å². The van der Waals surface area contributed by atoms with Crippen molar-refractivity contribution < 1.29 is 4.79 Å². The van der Waals surface area contributed by atoms with Crippen molar-refractivity contribution in [1.29, 1.82) is 0 Å². The van der Waals surface area contributed by atoms with E-state index in [2.05, 4.69) is 48.4 Å². The van der Waals surface area contributed by atoms with E-state index in [1.165, 1.54) is 0 Å². The minimum Gasteiger partial charge on any atom is -0.353 e. The van der Waals surface area contributed by atoms with Gasteiger partial charge in [0.05, 0.1) is 5.54 Å². The smallest absolute Gasteiger partial charge is 0.240 e. The lowest BCUT2D eigenvalue weighted by Crippen LogP contribution is -2.60. The van der Waals surface area contributed by atoms with Crippen molar-refractivity contribution in [2.75, 3.05) is 46.8 Å². The Labute approximate surface area is 130 Å². The van der Waals surface area contributed by atoms with Gasteiger partial charge in [0.2, 0.25) is 5.91 Å². The Balaban J connectivity index is 2.53. The Hall–Kier alpha value is -0.650. The summed E-state index contributed by atoms with van der Waals surface area (Å²) < 4.78 is 0. The van der Waals surface area contributed by atoms with Crippen LogP contribution in [0.1, 0.15) is 34.1 Å². The molecule has 1 aliphatic rings. The molecule has 1 fully saturated rings. The Morgan fingerprint density at radius 3 is 2.33 bits per heavy atom. The average molecular weight is 298 g/mol. The van der Waals surface area contributed by atoms with E-state index in [1.54, 1.807) is 0 Å². The number of amides is 1. The number of carbonyl (C=O) groups is 1. The molecule has 0 aromatic carbocycles. The zero-order valence-corrected chi connectivity index (χ0v) is 14.7. The molecule has 5 nitrogen and oxygen atoms in total. The predicted molar refractivity (Wildman–Crippen MR) is 88.5 cm³/mol. The van der Waals surface area contributed by atoms with Crippen molar-refractivity contribution in [2.45, 2.75) is 45.7 Å². The van der Waals surface area contributed by atoms with Gasteiger partial charge in [-0.15, -0.1) is 0 Å². The zero-order valence-electron chi connectivity index (χ0n) is 14.7. The molecule has 0 aliphatic carbocycles. The fourth-order valence-electron chi connectivity index (χ4n) is 2.82. The van der Waals surface area contributed by atoms with E-state index >= 15 is 0 Å². The molecule has 0 aromatic heterocycles. The molecule has 0 aromatic rings. The maximum Gasteiger partial charge on any atom is 0.240 e. The summed E-state index contributed by atoms with van der Waals surface area (Å²) >= 11 is 0. The second kappa shape index (κ2) is 8.11. The molecule has 2 N–H and O–H groups in total. The Bertz CT molecular complexity index is 322. The molecule has 1 unspecified atom stereocenters. The third-order valence-electron chi connectivity index (χ3n) is 4.44. The number of likely N-dealkylation sites (N-methyl/N-ethyl adjacent to an activating group) is 1. The van der Waals surface area contributed by atoms with Crippen LogP contribution in [0, 0.1) is 5.92 Å². The van der Waals surface area contributed by atoms with Crippen molar-refractivity contribution in [3.05, 3.63) is 0 Å². The highest BCUT2D eigenvalue weighted by Gasteiger charge is 2.35. The molecule has 1 aliphatic heterocycles. The molecular weight excluding hydrogens is 264 g/mol. The maximum absolute atomic E-state index is 12.6. The summed E-state index contributed by atoms with van der Waals surface area (Å²) in [6, 6.07) is 0.396. The maximum atomic E-state index is 12.6. The van der Waals surface area contributed by atoms with Crippen molar-refractivity contribution >= 4 is 5.91 Å². The molecule has 21 heavy (non-hydrogen) atoms. The molecule has 1 atom stereocenters. The van der Waals surface area contributed by atoms with E-state index in [0.29, 0.717) is 12.0 Å². The van der Waals surface area contributed by atoms with Crippen LogP contribution in [0.2, 0.25) is 0 Å². The van der Waals surface area contributed by atoms with Crippen molar-refractivity contribution in [2.24, 2.45) is 5.92 Å². The number of nitrogens with one attached hydrogen (secondary N) is 2. The highest BCUT2D eigenvalue weighted by atomic mass is 16.2. The molecule has 0 spiro atoms. The first-order chi connectivity index (χ1) is 9.75. The third kappa shape index (κ3) is 5.57. The van der Waals surface area contributed by atoms with E-state index < -0.39 is 5.54 Å². The predicted octanol–water partition coefficient (Wildman–Crippen LogP) is 0.763. The number of carbonyl (C=O) groups excluding carboxylic acids is 1. The monoisotopic (exact) mass is 298 g/mol. The summed E-state index contributed by atoms with van der Waals surface area (Å²) in [5, 5.41) is 6.50. The number of hydrogen-bond donors (Lipinski definition) is 2. The van der Waals surface area contributed by atoms with Crippen LogP contribution in [0.4, 0.5) is 0 Å². The number of rotatable bonds is 7. The Morgan fingerprint density at radius 1 is 1.29 bits per heavy atom. The van der Waals surface area contributed by atoms with E-state index in [9.17, 15) is 4.79 Å². The van der Waals surface area contributed by atoms with Crippen LogP contribution in [0.15, 0.2) is 0 Å². The van der Waals surface area contributed by atoms with E-state index in [4.69, 9.17) is 0 Å². The molecule has 0 radical (unpaired) electrons. The molecule has 124 valence electrons. The lowest BCUT2D eigenvalue weighted by Gasteiger charge is -2.40. The van der Waals surface area contributed by atoms with Gasteiger partial charge in [0, 0.05) is 38.8 Å². The summed E-state index contributed by atoms with van der Waals surface area (Å²) in [6.07, 6.45) is 1.10. The van der Waals surface area contributed by atoms with Crippen LogP contribution in [0.3, 0.4) is 0 Å². The van der Waals surface area contributed by atoms with Gasteiger partial charge < -0.3 is 15.5 Å². The van der Waals surface area contributed by atoms with Gasteiger partial charge in [0.15, 0.2) is 0 Å². The zero-order chi connectivity index (χ0) is 16.0. The first-order valence-corrected chi connectivity index (χ1v) is 8.15. The fraction of sp³-hybridized carbons (Fsp3) is 0.938. The van der Waals surface area contributed by atoms with Crippen LogP contribution in [0.5, 0.6) is 0 Å². The molecule has 1 rings (SSSR count). The van der Waals surface area contributed by atoms with Gasteiger partial charge in [0.1, 0.15) is 0 Å². The van der Waals surface area contributed by atoms with E-state index in [1.807, 2.05) is 13.8 Å². The Morgan fingerprint density at radius 2 is 1.86 bits per heavy atom. The second-order valence-corrected chi connectivity index (χ2v) is 7.25. The van der Waals surface area contributed by atoms with Crippen molar-refractivity contribution in [3.8, 4) is 0 Å². The van der Waals surface area contributed by atoms with Crippen LogP contribution < -0.4 is 10.6 Å². The quantitative estimate of drug-likeness (QED) is 0.729. The fourth-order valence-corrected chi connectivity index (χ4v) is 2.82. The van der Waals surface area contributed by atoms with Crippen LogP contribution >= 0.6 is 0 Å². The number of hydrogen-bond acceptors (Lipinski definition) is 4. The van der Waals surface area contributed by atoms with Gasteiger partial charge in [-0.1, -0.05) is 13.8 Å². The Kier molecular flexibility index (Phi) is 7.10. The van der Waals surface area contributed by atoms with Gasteiger partial charge in [-0.2, -0.15) is 0 Å². The minimum atomic E-state index is -0.434. The molecule has 0 saturated carbocycles. The van der Waals surface area contributed by atoms with Crippen LogP contribution in [-0.4, -0.2) is 74.1 Å². The van der Waals surface area contributed by atoms with Gasteiger partial charge in [-0.05, 0) is 40.3 Å². The molecule has 5 heteroatoms. The molecule has 1 heterocycles. The molecule has 1 saturated heterocycles. The summed E-state index contributed by atoms with van der Waals surface area (Å²) in [6.45, 7) is 13.0. The first kappa shape index (κ1) is 18.4. The molecule has 0 bridgehead atoms. The minimum absolute atomic E-state index is 0.139. The normalized spacial score (nSPS) is 19.0. The largest absolute Gasteiger partial charge is 0.353 e.